The lowest BCUT2D eigenvalue weighted by Crippen LogP contribution is -2.37. The topological polar surface area (TPSA) is 50.8 Å². The number of hydrogen-bond acceptors (Lipinski definition) is 4. The SMILES string of the molecule is CC(Oc1ccccc1)C(=O)Nc1ccc(CCN2CCOCC2)cc1. The van der Waals surface area contributed by atoms with Crippen LogP contribution in [0, 0.1) is 0 Å². The van der Waals surface area contributed by atoms with Gasteiger partial charge in [0.05, 0.1) is 13.2 Å². The van der Waals surface area contributed by atoms with Crippen LogP contribution >= 0.6 is 0 Å². The molecule has 1 N–H and O–H groups in total. The molecule has 0 aliphatic carbocycles. The number of carbonyl (C=O) groups excluding carboxylic acids is 1. The third-order valence-corrected chi connectivity index (χ3v) is 4.47. The molecule has 0 bridgehead atoms. The lowest BCUT2D eigenvalue weighted by molar-refractivity contribution is -0.122. The highest BCUT2D eigenvalue weighted by molar-refractivity contribution is 5.94. The number of para-hydroxylation sites is 1. The number of amides is 1. The van der Waals surface area contributed by atoms with Crippen molar-refractivity contribution < 1.29 is 14.3 Å². The first-order valence-electron chi connectivity index (χ1n) is 9.12. The number of hydrogen-bond donors (Lipinski definition) is 1. The van der Waals surface area contributed by atoms with Gasteiger partial charge in [0.15, 0.2) is 6.10 Å². The van der Waals surface area contributed by atoms with Crippen molar-refractivity contribution in [2.24, 2.45) is 0 Å². The minimum atomic E-state index is -0.557. The van der Waals surface area contributed by atoms with Gasteiger partial charge in [-0.25, -0.2) is 0 Å². The molecular weight excluding hydrogens is 328 g/mol. The summed E-state index contributed by atoms with van der Waals surface area (Å²) < 4.78 is 11.0. The van der Waals surface area contributed by atoms with Gasteiger partial charge >= 0.3 is 0 Å². The highest BCUT2D eigenvalue weighted by atomic mass is 16.5. The zero-order valence-electron chi connectivity index (χ0n) is 15.2. The third-order valence-electron chi connectivity index (χ3n) is 4.47. The molecule has 1 saturated heterocycles. The largest absolute Gasteiger partial charge is 0.481 e. The maximum Gasteiger partial charge on any atom is 0.265 e. The Balaban J connectivity index is 1.46. The second kappa shape index (κ2) is 9.36. The molecule has 26 heavy (non-hydrogen) atoms. The van der Waals surface area contributed by atoms with Crippen LogP contribution in [0.15, 0.2) is 54.6 Å². The maximum absolute atomic E-state index is 12.3. The number of benzene rings is 2. The minimum absolute atomic E-state index is 0.157. The Labute approximate surface area is 154 Å². The summed E-state index contributed by atoms with van der Waals surface area (Å²) in [6.07, 6.45) is 0.445. The smallest absolute Gasteiger partial charge is 0.265 e. The average molecular weight is 354 g/mol. The van der Waals surface area contributed by atoms with Crippen LogP contribution in [-0.4, -0.2) is 49.8 Å². The standard InChI is InChI=1S/C21H26N2O3/c1-17(26-20-5-3-2-4-6-20)21(24)22-19-9-7-18(8-10-19)11-12-23-13-15-25-16-14-23/h2-10,17H,11-16H2,1H3,(H,22,24). The van der Waals surface area contributed by atoms with Gasteiger partial charge in [-0.2, -0.15) is 0 Å². The average Bonchev–Trinajstić information content (AvgIpc) is 2.69. The van der Waals surface area contributed by atoms with Gasteiger partial charge < -0.3 is 14.8 Å². The van der Waals surface area contributed by atoms with E-state index in [4.69, 9.17) is 9.47 Å². The zero-order valence-corrected chi connectivity index (χ0v) is 15.2. The number of carbonyl (C=O) groups is 1. The molecule has 1 aliphatic heterocycles. The lowest BCUT2D eigenvalue weighted by Gasteiger charge is -2.26. The predicted octanol–water partition coefficient (Wildman–Crippen LogP) is 2.97. The summed E-state index contributed by atoms with van der Waals surface area (Å²) in [4.78, 5) is 14.7. The van der Waals surface area contributed by atoms with Gasteiger partial charge in [0, 0.05) is 25.3 Å². The van der Waals surface area contributed by atoms with Crippen LogP contribution < -0.4 is 10.1 Å². The molecule has 3 rings (SSSR count). The van der Waals surface area contributed by atoms with Gasteiger partial charge in [0.25, 0.3) is 5.91 Å². The number of nitrogens with one attached hydrogen (secondary N) is 1. The van der Waals surface area contributed by atoms with E-state index in [1.165, 1.54) is 5.56 Å². The van der Waals surface area contributed by atoms with Crippen LogP contribution in [0.1, 0.15) is 12.5 Å². The van der Waals surface area contributed by atoms with E-state index in [1.54, 1.807) is 6.92 Å². The van der Waals surface area contributed by atoms with Crippen LogP contribution in [0.4, 0.5) is 5.69 Å². The summed E-state index contributed by atoms with van der Waals surface area (Å²) >= 11 is 0. The van der Waals surface area contributed by atoms with Crippen LogP contribution in [0.5, 0.6) is 5.75 Å². The van der Waals surface area contributed by atoms with Crippen LogP contribution in [0.3, 0.4) is 0 Å². The van der Waals surface area contributed by atoms with Gasteiger partial charge in [-0.15, -0.1) is 0 Å². The number of anilines is 1. The van der Waals surface area contributed by atoms with E-state index < -0.39 is 6.10 Å². The van der Waals surface area contributed by atoms with Crippen molar-refractivity contribution in [2.45, 2.75) is 19.4 Å². The van der Waals surface area contributed by atoms with Crippen molar-refractivity contribution >= 4 is 11.6 Å². The third kappa shape index (κ3) is 5.58. The zero-order chi connectivity index (χ0) is 18.2. The Morgan fingerprint density at radius 1 is 1.12 bits per heavy atom. The summed E-state index contributed by atoms with van der Waals surface area (Å²) in [7, 11) is 0. The minimum Gasteiger partial charge on any atom is -0.481 e. The molecule has 0 spiro atoms. The quantitative estimate of drug-likeness (QED) is 0.831. The summed E-state index contributed by atoms with van der Waals surface area (Å²) in [6, 6.07) is 17.4. The predicted molar refractivity (Wildman–Crippen MR) is 103 cm³/mol. The molecular formula is C21H26N2O3. The molecule has 2 aromatic rings. The summed E-state index contributed by atoms with van der Waals surface area (Å²) in [5.41, 5.74) is 2.05. The second-order valence-corrected chi connectivity index (χ2v) is 6.46. The van der Waals surface area contributed by atoms with Crippen molar-refractivity contribution in [3.63, 3.8) is 0 Å². The molecule has 0 aromatic heterocycles. The van der Waals surface area contributed by atoms with E-state index in [2.05, 4.69) is 22.3 Å². The maximum atomic E-state index is 12.3. The van der Waals surface area contributed by atoms with Crippen LogP contribution in [0.25, 0.3) is 0 Å². The summed E-state index contributed by atoms with van der Waals surface area (Å²) in [6.45, 7) is 6.46. The van der Waals surface area contributed by atoms with Gasteiger partial charge in [-0.05, 0) is 43.2 Å². The lowest BCUT2D eigenvalue weighted by atomic mass is 10.1. The van der Waals surface area contributed by atoms with E-state index in [0.29, 0.717) is 5.75 Å². The summed E-state index contributed by atoms with van der Waals surface area (Å²) in [5, 5.41) is 2.90. The van der Waals surface area contributed by atoms with E-state index >= 15 is 0 Å². The molecule has 1 heterocycles. The normalized spacial score (nSPS) is 16.0. The van der Waals surface area contributed by atoms with Crippen molar-refractivity contribution in [3.05, 3.63) is 60.2 Å². The number of nitrogens with zero attached hydrogens (tertiary/aromatic N) is 1. The van der Waals surface area contributed by atoms with Crippen molar-refractivity contribution in [2.75, 3.05) is 38.2 Å². The first-order valence-corrected chi connectivity index (χ1v) is 9.12. The molecule has 0 radical (unpaired) electrons. The van der Waals surface area contributed by atoms with Gasteiger partial charge in [-0.3, -0.25) is 9.69 Å². The van der Waals surface area contributed by atoms with E-state index in [-0.39, 0.29) is 5.91 Å². The van der Waals surface area contributed by atoms with E-state index in [0.717, 1.165) is 45.0 Å². The first kappa shape index (κ1) is 18.4. The Bertz CT molecular complexity index is 682. The molecule has 5 nitrogen and oxygen atoms in total. The Kier molecular flexibility index (Phi) is 6.63. The van der Waals surface area contributed by atoms with E-state index in [1.807, 2.05) is 42.5 Å². The second-order valence-electron chi connectivity index (χ2n) is 6.46. The fraction of sp³-hybridized carbons (Fsp3) is 0.381. The molecule has 5 heteroatoms. The Morgan fingerprint density at radius 2 is 1.81 bits per heavy atom. The number of morpholine rings is 1. The Hall–Kier alpha value is -2.37. The fourth-order valence-electron chi connectivity index (χ4n) is 2.87. The van der Waals surface area contributed by atoms with Crippen LogP contribution in [0.2, 0.25) is 0 Å². The molecule has 1 atom stereocenters. The number of rotatable bonds is 7. The molecule has 0 saturated carbocycles. The molecule has 1 unspecified atom stereocenters. The monoisotopic (exact) mass is 354 g/mol. The Morgan fingerprint density at radius 3 is 2.50 bits per heavy atom. The molecule has 1 aliphatic rings. The van der Waals surface area contributed by atoms with Crippen molar-refractivity contribution in [1.82, 2.24) is 4.90 Å². The molecule has 2 aromatic carbocycles. The molecule has 138 valence electrons. The fourth-order valence-corrected chi connectivity index (χ4v) is 2.87. The highest BCUT2D eigenvalue weighted by Crippen LogP contribution is 2.14. The molecule has 1 amide bonds. The summed E-state index contributed by atoms with van der Waals surface area (Å²) in [5.74, 6) is 0.531. The van der Waals surface area contributed by atoms with E-state index in [9.17, 15) is 4.79 Å². The van der Waals surface area contributed by atoms with Gasteiger partial charge in [0.1, 0.15) is 5.75 Å². The van der Waals surface area contributed by atoms with Gasteiger partial charge in [-0.1, -0.05) is 30.3 Å². The first-order chi connectivity index (χ1) is 12.7. The molecule has 1 fully saturated rings. The van der Waals surface area contributed by atoms with Gasteiger partial charge in [0.2, 0.25) is 0 Å². The highest BCUT2D eigenvalue weighted by Gasteiger charge is 2.15. The van der Waals surface area contributed by atoms with Crippen LogP contribution in [-0.2, 0) is 16.0 Å². The van der Waals surface area contributed by atoms with Crippen molar-refractivity contribution in [1.29, 1.82) is 0 Å². The van der Waals surface area contributed by atoms with Crippen molar-refractivity contribution in [3.8, 4) is 5.75 Å². The number of ether oxygens (including phenoxy) is 2.